The standard InChI is InChI=1S/C11H16N4O2/c1-7-13-8(5-6-12)9(14-7)15-10(16)17-11(2,3)4/h5H2,1-4H3,(H,13,14)(H,15,16). The molecule has 6 nitrogen and oxygen atoms in total. The summed E-state index contributed by atoms with van der Waals surface area (Å²) >= 11 is 0. The van der Waals surface area contributed by atoms with Crippen LogP contribution < -0.4 is 5.32 Å². The molecule has 0 aliphatic heterocycles. The van der Waals surface area contributed by atoms with E-state index in [9.17, 15) is 4.79 Å². The SMILES string of the molecule is Cc1nc(NC(=O)OC(C)(C)C)c(CC#N)[nH]1. The highest BCUT2D eigenvalue weighted by atomic mass is 16.6. The molecule has 17 heavy (non-hydrogen) atoms. The van der Waals surface area contributed by atoms with Gasteiger partial charge in [-0.2, -0.15) is 5.26 Å². The first-order valence-electron chi connectivity index (χ1n) is 5.24. The highest BCUT2D eigenvalue weighted by Crippen LogP contribution is 2.14. The zero-order valence-corrected chi connectivity index (χ0v) is 10.4. The summed E-state index contributed by atoms with van der Waals surface area (Å²) in [7, 11) is 0. The molecular formula is C11H16N4O2. The molecule has 0 spiro atoms. The lowest BCUT2D eigenvalue weighted by atomic mass is 10.2. The van der Waals surface area contributed by atoms with Crippen molar-refractivity contribution < 1.29 is 9.53 Å². The van der Waals surface area contributed by atoms with Crippen LogP contribution in [0.2, 0.25) is 0 Å². The number of hydrogen-bond acceptors (Lipinski definition) is 4. The van der Waals surface area contributed by atoms with Crippen molar-refractivity contribution in [3.63, 3.8) is 0 Å². The van der Waals surface area contributed by atoms with Gasteiger partial charge in [0.1, 0.15) is 11.4 Å². The lowest BCUT2D eigenvalue weighted by Crippen LogP contribution is -2.27. The molecule has 0 unspecified atom stereocenters. The van der Waals surface area contributed by atoms with Crippen LogP contribution in [0, 0.1) is 18.3 Å². The maximum Gasteiger partial charge on any atom is 0.413 e. The van der Waals surface area contributed by atoms with Gasteiger partial charge in [0.25, 0.3) is 0 Å². The zero-order chi connectivity index (χ0) is 13.1. The van der Waals surface area contributed by atoms with E-state index in [4.69, 9.17) is 10.00 Å². The summed E-state index contributed by atoms with van der Waals surface area (Å²) in [4.78, 5) is 18.5. The number of H-pyrrole nitrogens is 1. The number of carbonyl (C=O) groups is 1. The molecule has 0 saturated carbocycles. The number of aromatic nitrogens is 2. The molecule has 0 aliphatic rings. The van der Waals surface area contributed by atoms with E-state index in [2.05, 4.69) is 15.3 Å². The van der Waals surface area contributed by atoms with Crippen molar-refractivity contribution in [2.75, 3.05) is 5.32 Å². The second-order valence-corrected chi connectivity index (χ2v) is 4.61. The Morgan fingerprint density at radius 1 is 1.59 bits per heavy atom. The van der Waals surface area contributed by atoms with Crippen LogP contribution in [0.4, 0.5) is 10.6 Å². The molecule has 0 aliphatic carbocycles. The Morgan fingerprint density at radius 3 is 2.76 bits per heavy atom. The quantitative estimate of drug-likeness (QED) is 0.822. The Labute approximate surface area is 100.0 Å². The minimum atomic E-state index is -0.580. The van der Waals surface area contributed by atoms with Gasteiger partial charge in [-0.15, -0.1) is 0 Å². The number of rotatable bonds is 2. The molecule has 0 fully saturated rings. The zero-order valence-electron chi connectivity index (χ0n) is 10.4. The van der Waals surface area contributed by atoms with Gasteiger partial charge in [-0.1, -0.05) is 0 Å². The fraction of sp³-hybridized carbons (Fsp3) is 0.545. The molecule has 6 heteroatoms. The van der Waals surface area contributed by atoms with Crippen LogP contribution in [-0.2, 0) is 11.2 Å². The molecule has 1 rings (SSSR count). The number of ether oxygens (including phenoxy) is 1. The minimum absolute atomic E-state index is 0.159. The molecule has 0 radical (unpaired) electrons. The van der Waals surface area contributed by atoms with Crippen molar-refractivity contribution in [1.82, 2.24) is 9.97 Å². The summed E-state index contributed by atoms with van der Waals surface area (Å²) in [6.07, 6.45) is -0.422. The van der Waals surface area contributed by atoms with E-state index in [-0.39, 0.29) is 6.42 Å². The number of aryl methyl sites for hydroxylation is 1. The lowest BCUT2D eigenvalue weighted by Gasteiger charge is -2.19. The highest BCUT2D eigenvalue weighted by molar-refractivity contribution is 5.84. The van der Waals surface area contributed by atoms with Gasteiger partial charge in [0, 0.05) is 0 Å². The van der Waals surface area contributed by atoms with Crippen molar-refractivity contribution >= 4 is 11.9 Å². The average Bonchev–Trinajstić information content (AvgIpc) is 2.43. The third kappa shape index (κ3) is 4.15. The van der Waals surface area contributed by atoms with Crippen LogP contribution in [0.3, 0.4) is 0 Å². The summed E-state index contributed by atoms with van der Waals surface area (Å²) in [6, 6.07) is 2.00. The Morgan fingerprint density at radius 2 is 2.24 bits per heavy atom. The van der Waals surface area contributed by atoms with E-state index >= 15 is 0 Å². The van der Waals surface area contributed by atoms with E-state index < -0.39 is 11.7 Å². The summed E-state index contributed by atoms with van der Waals surface area (Å²) in [5.74, 6) is 0.986. The maximum absolute atomic E-state index is 11.5. The summed E-state index contributed by atoms with van der Waals surface area (Å²) in [6.45, 7) is 7.08. The fourth-order valence-corrected chi connectivity index (χ4v) is 1.25. The van der Waals surface area contributed by atoms with Gasteiger partial charge in [0.2, 0.25) is 0 Å². The molecule has 1 amide bonds. The topological polar surface area (TPSA) is 90.8 Å². The molecule has 0 bridgehead atoms. The number of nitrogens with one attached hydrogen (secondary N) is 2. The molecule has 0 atom stereocenters. The number of nitrogens with zero attached hydrogens (tertiary/aromatic N) is 2. The van der Waals surface area contributed by atoms with Gasteiger partial charge >= 0.3 is 6.09 Å². The van der Waals surface area contributed by atoms with Crippen LogP contribution in [0.15, 0.2) is 0 Å². The summed E-state index contributed by atoms with van der Waals surface area (Å²) in [5, 5.41) is 11.2. The number of anilines is 1. The van der Waals surface area contributed by atoms with Crippen molar-refractivity contribution in [2.45, 2.75) is 39.7 Å². The second-order valence-electron chi connectivity index (χ2n) is 4.61. The number of carbonyl (C=O) groups excluding carboxylic acids is 1. The molecule has 0 aromatic carbocycles. The van der Waals surface area contributed by atoms with Gasteiger partial charge in [-0.05, 0) is 27.7 Å². The van der Waals surface area contributed by atoms with Gasteiger partial charge in [0.15, 0.2) is 5.82 Å². The highest BCUT2D eigenvalue weighted by Gasteiger charge is 2.18. The molecule has 2 N–H and O–H groups in total. The largest absolute Gasteiger partial charge is 0.444 e. The van der Waals surface area contributed by atoms with Gasteiger partial charge in [0.05, 0.1) is 18.2 Å². The first kappa shape index (κ1) is 13.0. The Hall–Kier alpha value is -2.03. The number of hydrogen-bond donors (Lipinski definition) is 2. The molecule has 1 heterocycles. The molecule has 0 saturated heterocycles. The van der Waals surface area contributed by atoms with Crippen LogP contribution in [0.25, 0.3) is 0 Å². The average molecular weight is 236 g/mol. The van der Waals surface area contributed by atoms with E-state index in [1.165, 1.54) is 0 Å². The third-order valence-corrected chi connectivity index (χ3v) is 1.77. The van der Waals surface area contributed by atoms with Crippen LogP contribution in [0.1, 0.15) is 32.3 Å². The maximum atomic E-state index is 11.5. The predicted molar refractivity (Wildman–Crippen MR) is 62.5 cm³/mol. The van der Waals surface area contributed by atoms with Crippen molar-refractivity contribution in [1.29, 1.82) is 5.26 Å². The number of amides is 1. The van der Waals surface area contributed by atoms with Gasteiger partial charge in [-0.3, -0.25) is 5.32 Å². The lowest BCUT2D eigenvalue weighted by molar-refractivity contribution is 0.0635. The Bertz CT molecular complexity index is 451. The first-order valence-corrected chi connectivity index (χ1v) is 5.24. The normalized spacial score (nSPS) is 10.8. The summed E-state index contributed by atoms with van der Waals surface area (Å²) < 4.78 is 5.10. The van der Waals surface area contributed by atoms with Crippen molar-refractivity contribution in [3.8, 4) is 6.07 Å². The van der Waals surface area contributed by atoms with Crippen LogP contribution in [-0.4, -0.2) is 21.7 Å². The van der Waals surface area contributed by atoms with E-state index in [1.807, 2.05) is 6.07 Å². The third-order valence-electron chi connectivity index (χ3n) is 1.77. The van der Waals surface area contributed by atoms with E-state index in [0.29, 0.717) is 17.3 Å². The molecule has 1 aromatic heterocycles. The van der Waals surface area contributed by atoms with Gasteiger partial charge in [-0.25, -0.2) is 9.78 Å². The monoisotopic (exact) mass is 236 g/mol. The van der Waals surface area contributed by atoms with Crippen molar-refractivity contribution in [3.05, 3.63) is 11.5 Å². The Balaban J connectivity index is 2.75. The molecular weight excluding hydrogens is 220 g/mol. The second kappa shape index (κ2) is 4.87. The number of imidazole rings is 1. The van der Waals surface area contributed by atoms with Gasteiger partial charge < -0.3 is 9.72 Å². The minimum Gasteiger partial charge on any atom is -0.444 e. The molecule has 92 valence electrons. The number of nitriles is 1. The predicted octanol–water partition coefficient (Wildman–Crippen LogP) is 2.13. The van der Waals surface area contributed by atoms with Crippen LogP contribution in [0.5, 0.6) is 0 Å². The van der Waals surface area contributed by atoms with E-state index in [0.717, 1.165) is 0 Å². The summed E-state index contributed by atoms with van der Waals surface area (Å²) in [5.41, 5.74) is 0.0148. The molecule has 1 aromatic rings. The fourth-order valence-electron chi connectivity index (χ4n) is 1.25. The van der Waals surface area contributed by atoms with Crippen molar-refractivity contribution in [2.24, 2.45) is 0 Å². The number of aromatic amines is 1. The smallest absolute Gasteiger partial charge is 0.413 e. The van der Waals surface area contributed by atoms with Crippen LogP contribution >= 0.6 is 0 Å². The first-order chi connectivity index (χ1) is 7.81. The Kier molecular flexibility index (Phi) is 3.73. The van der Waals surface area contributed by atoms with E-state index in [1.54, 1.807) is 27.7 Å².